The van der Waals surface area contributed by atoms with Gasteiger partial charge in [-0.1, -0.05) is 42.5 Å². The van der Waals surface area contributed by atoms with Gasteiger partial charge in [0.05, 0.1) is 23.9 Å². The Morgan fingerprint density at radius 1 is 1.10 bits per heavy atom. The number of ether oxygens (including phenoxy) is 2. The van der Waals surface area contributed by atoms with Gasteiger partial charge in [0.25, 0.3) is 0 Å². The second kappa shape index (κ2) is 8.28. The number of rotatable bonds is 7. The fraction of sp³-hybridized carbons (Fsp3) is 0.261. The predicted molar refractivity (Wildman–Crippen MR) is 115 cm³/mol. The Kier molecular flexibility index (Phi) is 5.55. The molecule has 6 nitrogen and oxygen atoms in total. The maximum Gasteiger partial charge on any atom is 0.316 e. The van der Waals surface area contributed by atoms with E-state index in [0.717, 1.165) is 18.4 Å². The Bertz CT molecular complexity index is 1060. The second-order valence-electron chi connectivity index (χ2n) is 7.17. The lowest BCUT2D eigenvalue weighted by atomic mass is 9.96. The molecule has 0 spiro atoms. The number of thiazole rings is 1. The summed E-state index contributed by atoms with van der Waals surface area (Å²) in [4.78, 5) is 31.1. The first-order chi connectivity index (χ1) is 14.5. The summed E-state index contributed by atoms with van der Waals surface area (Å²) in [6.45, 7) is 1.55. The highest BCUT2D eigenvalue weighted by Crippen LogP contribution is 2.49. The van der Waals surface area contributed by atoms with Crippen LogP contribution in [0.4, 0.5) is 10.8 Å². The van der Waals surface area contributed by atoms with Gasteiger partial charge in [0.2, 0.25) is 5.91 Å². The zero-order valence-corrected chi connectivity index (χ0v) is 17.6. The highest BCUT2D eigenvalue weighted by atomic mass is 32.1. The van der Waals surface area contributed by atoms with Gasteiger partial charge in [-0.15, -0.1) is 11.3 Å². The Morgan fingerprint density at radius 2 is 1.80 bits per heavy atom. The van der Waals surface area contributed by atoms with E-state index in [2.05, 4.69) is 4.98 Å². The van der Waals surface area contributed by atoms with Crippen LogP contribution in [0.5, 0.6) is 5.75 Å². The van der Waals surface area contributed by atoms with Gasteiger partial charge in [-0.25, -0.2) is 4.98 Å². The molecule has 1 heterocycles. The first kappa shape index (κ1) is 20.1. The minimum absolute atomic E-state index is 0.0710. The maximum absolute atomic E-state index is 12.7. The van der Waals surface area contributed by atoms with Crippen molar-refractivity contribution in [3.05, 3.63) is 71.2 Å². The molecule has 0 N–H and O–H groups in total. The molecule has 2 aromatic carbocycles. The number of para-hydroxylation sites is 2. The molecule has 1 aliphatic carbocycles. The van der Waals surface area contributed by atoms with Crippen LogP contribution in [0.2, 0.25) is 0 Å². The largest absolute Gasteiger partial charge is 0.495 e. The summed E-state index contributed by atoms with van der Waals surface area (Å²) in [5, 5.41) is 2.30. The molecule has 1 aromatic heterocycles. The molecule has 1 saturated carbocycles. The van der Waals surface area contributed by atoms with Crippen LogP contribution >= 0.6 is 11.3 Å². The van der Waals surface area contributed by atoms with Gasteiger partial charge >= 0.3 is 5.97 Å². The van der Waals surface area contributed by atoms with Crippen LogP contribution in [0, 0.1) is 0 Å². The Labute approximate surface area is 179 Å². The maximum atomic E-state index is 12.7. The molecule has 0 bridgehead atoms. The summed E-state index contributed by atoms with van der Waals surface area (Å²) in [6.07, 6.45) is 1.59. The summed E-state index contributed by atoms with van der Waals surface area (Å²) < 4.78 is 11.0. The number of esters is 1. The average Bonchev–Trinajstić information content (AvgIpc) is 3.46. The third-order valence-corrected chi connectivity index (χ3v) is 6.06. The van der Waals surface area contributed by atoms with Gasteiger partial charge in [-0.3, -0.25) is 14.5 Å². The lowest BCUT2D eigenvalue weighted by Crippen LogP contribution is -2.24. The number of carbonyl (C=O) groups is 2. The second-order valence-corrected chi connectivity index (χ2v) is 8.01. The van der Waals surface area contributed by atoms with Crippen LogP contribution in [0.15, 0.2) is 60.0 Å². The minimum Gasteiger partial charge on any atom is -0.495 e. The normalized spacial score (nSPS) is 14.1. The Balaban J connectivity index is 1.49. The molecule has 154 valence electrons. The molecule has 0 aliphatic heterocycles. The number of methoxy groups -OCH3 is 1. The van der Waals surface area contributed by atoms with Crippen molar-refractivity contribution in [2.75, 3.05) is 12.0 Å². The van der Waals surface area contributed by atoms with E-state index in [1.807, 2.05) is 42.5 Å². The molecule has 3 aromatic rings. The molecule has 0 unspecified atom stereocenters. The van der Waals surface area contributed by atoms with Crippen molar-refractivity contribution in [2.45, 2.75) is 31.8 Å². The number of aromatic nitrogens is 1. The molecule has 1 fully saturated rings. The topological polar surface area (TPSA) is 68.7 Å². The number of benzene rings is 2. The molecule has 1 aliphatic rings. The van der Waals surface area contributed by atoms with Crippen LogP contribution < -0.4 is 9.64 Å². The van der Waals surface area contributed by atoms with Gasteiger partial charge in [-0.2, -0.15) is 0 Å². The van der Waals surface area contributed by atoms with E-state index in [9.17, 15) is 9.59 Å². The fourth-order valence-electron chi connectivity index (χ4n) is 3.46. The highest BCUT2D eigenvalue weighted by Gasteiger charge is 2.52. The quantitative estimate of drug-likeness (QED) is 0.520. The number of anilines is 2. The van der Waals surface area contributed by atoms with Crippen LogP contribution in [-0.4, -0.2) is 24.0 Å². The average molecular weight is 423 g/mol. The summed E-state index contributed by atoms with van der Waals surface area (Å²) in [7, 11) is 1.56. The van der Waals surface area contributed by atoms with Gasteiger partial charge in [0, 0.05) is 12.3 Å². The van der Waals surface area contributed by atoms with E-state index in [0.29, 0.717) is 22.3 Å². The van der Waals surface area contributed by atoms with Crippen LogP contribution in [0.25, 0.3) is 0 Å². The highest BCUT2D eigenvalue weighted by molar-refractivity contribution is 7.14. The smallest absolute Gasteiger partial charge is 0.316 e. The lowest BCUT2D eigenvalue weighted by Gasteiger charge is -2.20. The van der Waals surface area contributed by atoms with Crippen LogP contribution in [0.3, 0.4) is 0 Å². The first-order valence-electron chi connectivity index (χ1n) is 9.66. The van der Waals surface area contributed by atoms with Crippen molar-refractivity contribution in [3.63, 3.8) is 0 Å². The predicted octanol–water partition coefficient (Wildman–Crippen LogP) is 4.61. The van der Waals surface area contributed by atoms with Gasteiger partial charge in [0.15, 0.2) is 5.13 Å². The zero-order chi connectivity index (χ0) is 21.1. The summed E-state index contributed by atoms with van der Waals surface area (Å²) in [5.41, 5.74) is 1.69. The molecule has 0 radical (unpaired) electrons. The van der Waals surface area contributed by atoms with E-state index in [-0.39, 0.29) is 18.5 Å². The number of hydrogen-bond acceptors (Lipinski definition) is 6. The van der Waals surface area contributed by atoms with Crippen molar-refractivity contribution in [1.29, 1.82) is 0 Å². The van der Waals surface area contributed by atoms with Crippen molar-refractivity contribution in [1.82, 2.24) is 4.98 Å². The van der Waals surface area contributed by atoms with E-state index < -0.39 is 5.41 Å². The minimum atomic E-state index is -0.525. The van der Waals surface area contributed by atoms with Crippen molar-refractivity contribution < 1.29 is 19.1 Å². The number of carbonyl (C=O) groups excluding carboxylic acids is 2. The monoisotopic (exact) mass is 422 g/mol. The first-order valence-corrected chi connectivity index (χ1v) is 10.5. The lowest BCUT2D eigenvalue weighted by molar-refractivity contribution is -0.148. The molecular weight excluding hydrogens is 400 g/mol. The van der Waals surface area contributed by atoms with E-state index in [4.69, 9.17) is 9.47 Å². The summed E-state index contributed by atoms with van der Waals surface area (Å²) in [5.74, 6) is 0.171. The molecule has 0 saturated heterocycles. The number of nitrogens with zero attached hydrogens (tertiary/aromatic N) is 2. The third kappa shape index (κ3) is 3.80. The van der Waals surface area contributed by atoms with Gasteiger partial charge in [-0.05, 0) is 30.5 Å². The van der Waals surface area contributed by atoms with Gasteiger partial charge in [0.1, 0.15) is 12.4 Å². The number of hydrogen-bond donors (Lipinski definition) is 0. The molecule has 1 amide bonds. The summed E-state index contributed by atoms with van der Waals surface area (Å²) in [6, 6.07) is 17.0. The van der Waals surface area contributed by atoms with Crippen molar-refractivity contribution in [3.8, 4) is 5.75 Å². The fourth-order valence-corrected chi connectivity index (χ4v) is 4.32. The van der Waals surface area contributed by atoms with Crippen LogP contribution in [0.1, 0.15) is 31.0 Å². The third-order valence-electron chi connectivity index (χ3n) is 5.19. The molecular formula is C23H22N2O4S. The van der Waals surface area contributed by atoms with Crippen molar-refractivity contribution in [2.24, 2.45) is 0 Å². The standard InChI is InChI=1S/C23H22N2O4S/c1-16(26)25(19-10-6-7-11-20(19)28-2)22-24-18(15-30-22)14-29-21(27)23(12-13-23)17-8-4-3-5-9-17/h3-11,15H,12-14H2,1-2H3. The van der Waals surface area contributed by atoms with E-state index in [1.165, 1.54) is 23.2 Å². The van der Waals surface area contributed by atoms with Crippen LogP contribution in [-0.2, 0) is 26.3 Å². The van der Waals surface area contributed by atoms with Gasteiger partial charge < -0.3 is 9.47 Å². The molecule has 30 heavy (non-hydrogen) atoms. The number of amides is 1. The Morgan fingerprint density at radius 3 is 2.47 bits per heavy atom. The zero-order valence-electron chi connectivity index (χ0n) is 16.8. The SMILES string of the molecule is COc1ccccc1N(C(C)=O)c1nc(COC(=O)C2(c3ccccc3)CC2)cs1. The van der Waals surface area contributed by atoms with E-state index in [1.54, 1.807) is 24.6 Å². The van der Waals surface area contributed by atoms with Crippen molar-refractivity contribution >= 4 is 34.0 Å². The molecule has 4 rings (SSSR count). The molecule has 0 atom stereocenters. The Hall–Kier alpha value is -3.19. The molecule has 7 heteroatoms. The summed E-state index contributed by atoms with van der Waals surface area (Å²) >= 11 is 1.32. The van der Waals surface area contributed by atoms with E-state index >= 15 is 0 Å².